The lowest BCUT2D eigenvalue weighted by Crippen LogP contribution is -2.40. The Balaban J connectivity index is 1.67. The number of carbonyl (C=O) groups excluding carboxylic acids is 1. The molecule has 0 spiro atoms. The molecule has 1 aliphatic rings. The number of hydrogen-bond acceptors (Lipinski definition) is 3. The molecule has 27 heavy (non-hydrogen) atoms. The Kier molecular flexibility index (Phi) is 6.05. The summed E-state index contributed by atoms with van der Waals surface area (Å²) in [6.45, 7) is 12.1. The molecule has 0 unspecified atom stereocenters. The quantitative estimate of drug-likeness (QED) is 0.749. The van der Waals surface area contributed by atoms with Crippen molar-refractivity contribution < 1.29 is 9.21 Å². The van der Waals surface area contributed by atoms with Gasteiger partial charge in [0.25, 0.3) is 5.91 Å². The van der Waals surface area contributed by atoms with E-state index >= 15 is 0 Å². The second-order valence-corrected chi connectivity index (χ2v) is 8.75. The number of furan rings is 1. The molecule has 4 heteroatoms. The van der Waals surface area contributed by atoms with Gasteiger partial charge in [0.2, 0.25) is 0 Å². The molecule has 146 valence electrons. The highest BCUT2D eigenvalue weighted by molar-refractivity contribution is 5.91. The number of piperidine rings is 1. The number of carbonyl (C=O) groups is 1. The molecular weight excluding hydrogens is 336 g/mol. The Morgan fingerprint density at radius 3 is 2.37 bits per heavy atom. The first-order valence-corrected chi connectivity index (χ1v) is 10.00. The van der Waals surface area contributed by atoms with E-state index in [2.05, 4.69) is 56.9 Å². The van der Waals surface area contributed by atoms with Gasteiger partial charge in [-0.25, -0.2) is 0 Å². The van der Waals surface area contributed by atoms with Gasteiger partial charge in [0.15, 0.2) is 5.76 Å². The number of likely N-dealkylation sites (tertiary alicyclic amines) is 1. The van der Waals surface area contributed by atoms with Crippen LogP contribution in [0, 0.1) is 5.92 Å². The molecule has 1 fully saturated rings. The van der Waals surface area contributed by atoms with Crippen molar-refractivity contribution in [2.45, 2.75) is 59.2 Å². The van der Waals surface area contributed by atoms with Gasteiger partial charge in [0.05, 0.1) is 6.54 Å². The van der Waals surface area contributed by atoms with Gasteiger partial charge in [0.1, 0.15) is 5.76 Å². The van der Waals surface area contributed by atoms with Crippen LogP contribution in [-0.4, -0.2) is 34.3 Å². The van der Waals surface area contributed by atoms with Crippen molar-refractivity contribution in [1.29, 1.82) is 0 Å². The first-order chi connectivity index (χ1) is 12.8. The molecule has 0 saturated carbocycles. The number of rotatable bonds is 5. The zero-order chi connectivity index (χ0) is 19.4. The van der Waals surface area contributed by atoms with Crippen LogP contribution in [0.2, 0.25) is 0 Å². The second-order valence-electron chi connectivity index (χ2n) is 8.75. The van der Waals surface area contributed by atoms with Crippen LogP contribution in [0.1, 0.15) is 62.4 Å². The smallest absolute Gasteiger partial charge is 0.289 e. The van der Waals surface area contributed by atoms with E-state index in [1.54, 1.807) is 0 Å². The average Bonchev–Trinajstić information content (AvgIpc) is 3.10. The Morgan fingerprint density at radius 1 is 1.07 bits per heavy atom. The summed E-state index contributed by atoms with van der Waals surface area (Å²) < 4.78 is 5.96. The summed E-state index contributed by atoms with van der Waals surface area (Å²) in [5, 5.41) is 0. The Hall–Kier alpha value is -2.07. The fraction of sp³-hybridized carbons (Fsp3) is 0.522. The highest BCUT2D eigenvalue weighted by Crippen LogP contribution is 2.23. The van der Waals surface area contributed by atoms with Crippen LogP contribution in [-0.2, 0) is 13.1 Å². The molecule has 3 rings (SSSR count). The summed E-state index contributed by atoms with van der Waals surface area (Å²) in [6, 6.07) is 14.2. The first kappa shape index (κ1) is 19.7. The molecule has 0 bridgehead atoms. The molecule has 0 radical (unpaired) electrons. The van der Waals surface area contributed by atoms with Crippen molar-refractivity contribution in [3.63, 3.8) is 0 Å². The normalized spacial score (nSPS) is 16.1. The van der Waals surface area contributed by atoms with Gasteiger partial charge in [-0.15, -0.1) is 0 Å². The van der Waals surface area contributed by atoms with E-state index in [9.17, 15) is 4.79 Å². The molecule has 0 aliphatic carbocycles. The van der Waals surface area contributed by atoms with E-state index in [-0.39, 0.29) is 11.4 Å². The SMILES string of the molecule is CC1CCN(C(=O)c2ccc(CN(Cc3ccccc3)C(C)(C)C)o2)CC1. The lowest BCUT2D eigenvalue weighted by atomic mass is 9.99. The molecular formula is C23H32N2O2. The summed E-state index contributed by atoms with van der Waals surface area (Å²) in [5.41, 5.74) is 1.27. The van der Waals surface area contributed by atoms with Crippen molar-refractivity contribution in [1.82, 2.24) is 9.80 Å². The van der Waals surface area contributed by atoms with Crippen LogP contribution < -0.4 is 0 Å². The molecule has 0 N–H and O–H groups in total. The van der Waals surface area contributed by atoms with Crippen LogP contribution >= 0.6 is 0 Å². The predicted molar refractivity (Wildman–Crippen MR) is 108 cm³/mol. The maximum absolute atomic E-state index is 12.7. The maximum atomic E-state index is 12.7. The molecule has 0 atom stereocenters. The second kappa shape index (κ2) is 8.30. The van der Waals surface area contributed by atoms with E-state index in [0.29, 0.717) is 18.2 Å². The van der Waals surface area contributed by atoms with Crippen LogP contribution in [0.15, 0.2) is 46.9 Å². The highest BCUT2D eigenvalue weighted by Gasteiger charge is 2.26. The minimum Gasteiger partial charge on any atom is -0.455 e. The summed E-state index contributed by atoms with van der Waals surface area (Å²) in [7, 11) is 0. The van der Waals surface area contributed by atoms with E-state index < -0.39 is 0 Å². The molecule has 1 aliphatic heterocycles. The molecule has 2 heterocycles. The Bertz CT molecular complexity index is 737. The van der Waals surface area contributed by atoms with Gasteiger partial charge in [-0.05, 0) is 57.2 Å². The van der Waals surface area contributed by atoms with Crippen molar-refractivity contribution in [2.75, 3.05) is 13.1 Å². The lowest BCUT2D eigenvalue weighted by Gasteiger charge is -2.35. The average molecular weight is 369 g/mol. The predicted octanol–water partition coefficient (Wildman–Crippen LogP) is 4.95. The zero-order valence-electron chi connectivity index (χ0n) is 17.1. The molecule has 4 nitrogen and oxygen atoms in total. The Morgan fingerprint density at radius 2 is 1.74 bits per heavy atom. The van der Waals surface area contributed by atoms with E-state index in [1.165, 1.54) is 5.56 Å². The highest BCUT2D eigenvalue weighted by atomic mass is 16.4. The monoisotopic (exact) mass is 368 g/mol. The first-order valence-electron chi connectivity index (χ1n) is 10.00. The minimum absolute atomic E-state index is 0.00415. The summed E-state index contributed by atoms with van der Waals surface area (Å²) in [6.07, 6.45) is 2.16. The van der Waals surface area contributed by atoms with Crippen LogP contribution in [0.4, 0.5) is 0 Å². The van der Waals surface area contributed by atoms with Crippen LogP contribution in [0.25, 0.3) is 0 Å². The topological polar surface area (TPSA) is 36.7 Å². The van der Waals surface area contributed by atoms with Crippen molar-refractivity contribution in [3.8, 4) is 0 Å². The largest absolute Gasteiger partial charge is 0.455 e. The summed E-state index contributed by atoms with van der Waals surface area (Å²) in [4.78, 5) is 17.0. The van der Waals surface area contributed by atoms with E-state index in [4.69, 9.17) is 4.42 Å². The fourth-order valence-electron chi connectivity index (χ4n) is 3.47. The van der Waals surface area contributed by atoms with Crippen molar-refractivity contribution in [2.24, 2.45) is 5.92 Å². The fourth-order valence-corrected chi connectivity index (χ4v) is 3.47. The third kappa shape index (κ3) is 5.23. The summed E-state index contributed by atoms with van der Waals surface area (Å²) >= 11 is 0. The third-order valence-corrected chi connectivity index (χ3v) is 5.45. The van der Waals surface area contributed by atoms with Gasteiger partial charge >= 0.3 is 0 Å². The van der Waals surface area contributed by atoms with Gasteiger partial charge in [0, 0.05) is 25.2 Å². The number of hydrogen-bond donors (Lipinski definition) is 0. The van der Waals surface area contributed by atoms with Crippen molar-refractivity contribution >= 4 is 5.91 Å². The van der Waals surface area contributed by atoms with Crippen molar-refractivity contribution in [3.05, 3.63) is 59.5 Å². The maximum Gasteiger partial charge on any atom is 0.289 e. The summed E-state index contributed by atoms with van der Waals surface area (Å²) in [5.74, 6) is 2.04. The molecule has 1 saturated heterocycles. The lowest BCUT2D eigenvalue weighted by molar-refractivity contribution is 0.0655. The van der Waals surface area contributed by atoms with Gasteiger partial charge < -0.3 is 9.32 Å². The number of nitrogens with zero attached hydrogens (tertiary/aromatic N) is 2. The third-order valence-electron chi connectivity index (χ3n) is 5.45. The van der Waals surface area contributed by atoms with Crippen LogP contribution in [0.5, 0.6) is 0 Å². The minimum atomic E-state index is -0.00415. The molecule has 2 aromatic rings. The Labute approximate surface area is 163 Å². The standard InChI is InChI=1S/C23H32N2O2/c1-18-12-14-24(15-13-18)22(26)21-11-10-20(27-21)17-25(23(2,3)4)16-19-8-6-5-7-9-19/h5-11,18H,12-17H2,1-4H3. The van der Waals surface area contributed by atoms with E-state index in [1.807, 2.05) is 23.1 Å². The molecule has 1 amide bonds. The molecule has 1 aromatic carbocycles. The van der Waals surface area contributed by atoms with E-state index in [0.717, 1.165) is 38.2 Å². The zero-order valence-corrected chi connectivity index (χ0v) is 17.1. The van der Waals surface area contributed by atoms with Crippen LogP contribution in [0.3, 0.4) is 0 Å². The van der Waals surface area contributed by atoms with Gasteiger partial charge in [-0.3, -0.25) is 9.69 Å². The van der Waals surface area contributed by atoms with Gasteiger partial charge in [-0.2, -0.15) is 0 Å². The number of benzene rings is 1. The van der Waals surface area contributed by atoms with Gasteiger partial charge in [-0.1, -0.05) is 37.3 Å². The molecule has 1 aromatic heterocycles. The number of amides is 1.